The van der Waals surface area contributed by atoms with Crippen molar-refractivity contribution >= 4 is 15.9 Å². The summed E-state index contributed by atoms with van der Waals surface area (Å²) in [4.78, 5) is 0. The lowest BCUT2D eigenvalue weighted by Gasteiger charge is -2.20. The van der Waals surface area contributed by atoms with E-state index in [9.17, 15) is 0 Å². The Labute approximate surface area is 127 Å². The van der Waals surface area contributed by atoms with E-state index >= 15 is 0 Å². The molecule has 20 heavy (non-hydrogen) atoms. The SMILES string of the molecule is Brc1cc(CNCCC2CCOC2)cc2c1OCCO2. The van der Waals surface area contributed by atoms with E-state index in [1.165, 1.54) is 18.4 Å². The van der Waals surface area contributed by atoms with Crippen LogP contribution in [0.4, 0.5) is 0 Å². The minimum atomic E-state index is 0.618. The molecule has 0 radical (unpaired) electrons. The van der Waals surface area contributed by atoms with Gasteiger partial charge in [0.05, 0.1) is 4.47 Å². The molecule has 110 valence electrons. The van der Waals surface area contributed by atoms with Crippen LogP contribution in [-0.4, -0.2) is 33.0 Å². The minimum Gasteiger partial charge on any atom is -0.486 e. The molecule has 0 amide bonds. The molecule has 1 fully saturated rings. The molecular formula is C15H20BrNO3. The number of hydrogen-bond acceptors (Lipinski definition) is 4. The van der Waals surface area contributed by atoms with Gasteiger partial charge < -0.3 is 19.5 Å². The van der Waals surface area contributed by atoms with Crippen molar-refractivity contribution in [1.29, 1.82) is 0 Å². The predicted molar refractivity (Wildman–Crippen MR) is 80.4 cm³/mol. The Morgan fingerprint density at radius 1 is 1.20 bits per heavy atom. The van der Waals surface area contributed by atoms with Crippen molar-refractivity contribution in [2.75, 3.05) is 33.0 Å². The summed E-state index contributed by atoms with van der Waals surface area (Å²) in [6.45, 7) is 4.98. The zero-order valence-corrected chi connectivity index (χ0v) is 13.1. The lowest BCUT2D eigenvalue weighted by molar-refractivity contribution is 0.170. The van der Waals surface area contributed by atoms with Crippen LogP contribution in [0.15, 0.2) is 16.6 Å². The summed E-state index contributed by atoms with van der Waals surface area (Å²) < 4.78 is 17.6. The predicted octanol–water partition coefficient (Wildman–Crippen LogP) is 2.74. The topological polar surface area (TPSA) is 39.7 Å². The third kappa shape index (κ3) is 3.45. The van der Waals surface area contributed by atoms with Crippen LogP contribution >= 0.6 is 15.9 Å². The molecule has 2 aliphatic rings. The van der Waals surface area contributed by atoms with Crippen molar-refractivity contribution in [3.63, 3.8) is 0 Å². The average molecular weight is 342 g/mol. The Hall–Kier alpha value is -0.780. The molecule has 1 atom stereocenters. The first-order chi connectivity index (χ1) is 9.83. The zero-order valence-electron chi connectivity index (χ0n) is 11.5. The lowest BCUT2D eigenvalue weighted by Crippen LogP contribution is -2.19. The molecule has 1 aromatic carbocycles. The summed E-state index contributed by atoms with van der Waals surface area (Å²) in [6.07, 6.45) is 2.39. The number of benzene rings is 1. The van der Waals surface area contributed by atoms with Gasteiger partial charge in [-0.25, -0.2) is 0 Å². The maximum Gasteiger partial charge on any atom is 0.175 e. The molecule has 5 heteroatoms. The first-order valence-electron chi connectivity index (χ1n) is 7.19. The molecule has 3 rings (SSSR count). The Morgan fingerprint density at radius 2 is 2.10 bits per heavy atom. The van der Waals surface area contributed by atoms with Crippen LogP contribution < -0.4 is 14.8 Å². The third-order valence-corrected chi connectivity index (χ3v) is 4.33. The molecule has 0 bridgehead atoms. The van der Waals surface area contributed by atoms with Gasteiger partial charge in [0, 0.05) is 19.8 Å². The Kier molecular flexibility index (Phi) is 4.81. The van der Waals surface area contributed by atoms with Crippen molar-refractivity contribution in [2.45, 2.75) is 19.4 Å². The average Bonchev–Trinajstić information content (AvgIpc) is 2.97. The summed E-state index contributed by atoms with van der Waals surface area (Å²) in [5.41, 5.74) is 1.21. The van der Waals surface area contributed by atoms with Crippen LogP contribution in [0.5, 0.6) is 11.5 Å². The minimum absolute atomic E-state index is 0.618. The summed E-state index contributed by atoms with van der Waals surface area (Å²) in [6, 6.07) is 4.16. The molecule has 2 aliphatic heterocycles. The second-order valence-electron chi connectivity index (χ2n) is 5.30. The number of halogens is 1. The van der Waals surface area contributed by atoms with Gasteiger partial charge in [-0.15, -0.1) is 0 Å². The first kappa shape index (κ1) is 14.2. The van der Waals surface area contributed by atoms with Gasteiger partial charge in [0.2, 0.25) is 0 Å². The van der Waals surface area contributed by atoms with Gasteiger partial charge >= 0.3 is 0 Å². The van der Waals surface area contributed by atoms with E-state index in [2.05, 4.69) is 33.4 Å². The molecule has 2 heterocycles. The van der Waals surface area contributed by atoms with Gasteiger partial charge in [-0.2, -0.15) is 0 Å². The molecule has 1 unspecified atom stereocenters. The molecule has 0 spiro atoms. The van der Waals surface area contributed by atoms with Crippen molar-refractivity contribution in [1.82, 2.24) is 5.32 Å². The highest BCUT2D eigenvalue weighted by molar-refractivity contribution is 9.10. The monoisotopic (exact) mass is 341 g/mol. The number of ether oxygens (including phenoxy) is 3. The fraction of sp³-hybridized carbons (Fsp3) is 0.600. The highest BCUT2D eigenvalue weighted by atomic mass is 79.9. The fourth-order valence-corrected chi connectivity index (χ4v) is 3.22. The van der Waals surface area contributed by atoms with Gasteiger partial charge in [0.25, 0.3) is 0 Å². The van der Waals surface area contributed by atoms with Crippen molar-refractivity contribution in [2.24, 2.45) is 5.92 Å². The standard InChI is InChI=1S/C15H20BrNO3/c16-13-7-12(8-14-15(13)20-6-5-19-14)9-17-3-1-11-2-4-18-10-11/h7-8,11,17H,1-6,9-10H2. The number of hydrogen-bond donors (Lipinski definition) is 1. The molecule has 0 saturated carbocycles. The lowest BCUT2D eigenvalue weighted by atomic mass is 10.1. The molecule has 4 nitrogen and oxygen atoms in total. The van der Waals surface area contributed by atoms with Crippen LogP contribution in [0.3, 0.4) is 0 Å². The van der Waals surface area contributed by atoms with E-state index in [1.807, 2.05) is 0 Å². The number of fused-ring (bicyclic) bond motifs is 1. The van der Waals surface area contributed by atoms with E-state index in [-0.39, 0.29) is 0 Å². The second kappa shape index (κ2) is 6.78. The van der Waals surface area contributed by atoms with Crippen molar-refractivity contribution in [3.05, 3.63) is 22.2 Å². The molecular weight excluding hydrogens is 322 g/mol. The van der Waals surface area contributed by atoms with Crippen molar-refractivity contribution in [3.8, 4) is 11.5 Å². The molecule has 1 N–H and O–H groups in total. The summed E-state index contributed by atoms with van der Waals surface area (Å²) in [5, 5.41) is 3.49. The van der Waals surface area contributed by atoms with Gasteiger partial charge in [0.15, 0.2) is 11.5 Å². The van der Waals surface area contributed by atoms with Gasteiger partial charge in [0.1, 0.15) is 13.2 Å². The van der Waals surface area contributed by atoms with E-state index < -0.39 is 0 Å². The first-order valence-corrected chi connectivity index (χ1v) is 7.99. The Bertz CT molecular complexity index is 461. The molecule has 0 aliphatic carbocycles. The van der Waals surface area contributed by atoms with E-state index in [0.717, 1.165) is 48.2 Å². The molecule has 1 aromatic rings. The van der Waals surface area contributed by atoms with Crippen LogP contribution in [0.2, 0.25) is 0 Å². The summed E-state index contributed by atoms with van der Waals surface area (Å²) >= 11 is 3.55. The van der Waals surface area contributed by atoms with Gasteiger partial charge in [-0.1, -0.05) is 0 Å². The largest absolute Gasteiger partial charge is 0.486 e. The Morgan fingerprint density at radius 3 is 2.95 bits per heavy atom. The number of nitrogens with one attached hydrogen (secondary N) is 1. The van der Waals surface area contributed by atoms with Gasteiger partial charge in [-0.3, -0.25) is 0 Å². The normalized spacial score (nSPS) is 21.1. The molecule has 0 aromatic heterocycles. The highest BCUT2D eigenvalue weighted by Gasteiger charge is 2.17. The van der Waals surface area contributed by atoms with Crippen LogP contribution in [0, 0.1) is 5.92 Å². The van der Waals surface area contributed by atoms with Gasteiger partial charge in [-0.05, 0) is 58.9 Å². The molecule has 1 saturated heterocycles. The maximum atomic E-state index is 5.63. The smallest absolute Gasteiger partial charge is 0.175 e. The fourth-order valence-electron chi connectivity index (χ4n) is 2.62. The van der Waals surface area contributed by atoms with Crippen LogP contribution in [0.1, 0.15) is 18.4 Å². The van der Waals surface area contributed by atoms with Crippen LogP contribution in [-0.2, 0) is 11.3 Å². The highest BCUT2D eigenvalue weighted by Crippen LogP contribution is 2.38. The summed E-state index contributed by atoms with van der Waals surface area (Å²) in [7, 11) is 0. The van der Waals surface area contributed by atoms with E-state index in [4.69, 9.17) is 14.2 Å². The second-order valence-corrected chi connectivity index (χ2v) is 6.15. The van der Waals surface area contributed by atoms with Crippen molar-refractivity contribution < 1.29 is 14.2 Å². The van der Waals surface area contributed by atoms with E-state index in [0.29, 0.717) is 13.2 Å². The number of rotatable bonds is 5. The maximum absolute atomic E-state index is 5.63. The summed E-state index contributed by atoms with van der Waals surface area (Å²) in [5.74, 6) is 2.39. The zero-order chi connectivity index (χ0) is 13.8. The third-order valence-electron chi connectivity index (χ3n) is 3.74. The Balaban J connectivity index is 1.51. The van der Waals surface area contributed by atoms with Crippen LogP contribution in [0.25, 0.3) is 0 Å². The quantitative estimate of drug-likeness (QED) is 0.836. The van der Waals surface area contributed by atoms with E-state index in [1.54, 1.807) is 0 Å².